The number of hydrogen-bond donors (Lipinski definition) is 1. The van der Waals surface area contributed by atoms with Crippen molar-refractivity contribution in [3.8, 4) is 11.8 Å². The van der Waals surface area contributed by atoms with Gasteiger partial charge in [0.1, 0.15) is 5.75 Å². The first-order valence-corrected chi connectivity index (χ1v) is 10.4. The topological polar surface area (TPSA) is 125 Å². The maximum absolute atomic E-state index is 12.6. The van der Waals surface area contributed by atoms with Crippen LogP contribution in [-0.2, 0) is 25.4 Å². The Morgan fingerprint density at radius 2 is 1.94 bits per heavy atom. The molecule has 0 radical (unpaired) electrons. The van der Waals surface area contributed by atoms with Crippen molar-refractivity contribution in [3.63, 3.8) is 0 Å². The van der Waals surface area contributed by atoms with Gasteiger partial charge in [-0.1, -0.05) is 11.8 Å². The molecular formula is C19H19N7O4S. The van der Waals surface area contributed by atoms with Crippen molar-refractivity contribution in [2.75, 3.05) is 5.75 Å². The summed E-state index contributed by atoms with van der Waals surface area (Å²) in [7, 11) is 3.00. The molecule has 1 aliphatic rings. The molecule has 1 aromatic carbocycles. The zero-order valence-electron chi connectivity index (χ0n) is 17.0. The fraction of sp³-hybridized carbons (Fsp3) is 0.263. The zero-order valence-corrected chi connectivity index (χ0v) is 17.8. The minimum atomic E-state index is -0.451. The second kappa shape index (κ2) is 8.22. The Bertz CT molecular complexity index is 1350. The fourth-order valence-electron chi connectivity index (χ4n) is 3.05. The van der Waals surface area contributed by atoms with Crippen LogP contribution in [0.2, 0.25) is 0 Å². The predicted octanol–water partition coefficient (Wildman–Crippen LogP) is 0.799. The van der Waals surface area contributed by atoms with E-state index in [9.17, 15) is 14.4 Å². The minimum absolute atomic E-state index is 0.0866. The summed E-state index contributed by atoms with van der Waals surface area (Å²) >= 11 is 1.30. The summed E-state index contributed by atoms with van der Waals surface area (Å²) in [6, 6.07) is 7.26. The molecule has 31 heavy (non-hydrogen) atoms. The molecule has 1 N–H and O–H groups in total. The van der Waals surface area contributed by atoms with E-state index in [4.69, 9.17) is 4.74 Å². The normalized spacial score (nSPS) is 15.3. The first-order valence-electron chi connectivity index (χ1n) is 9.37. The lowest BCUT2D eigenvalue weighted by Gasteiger charge is -2.07. The highest BCUT2D eigenvalue weighted by Gasteiger charge is 2.19. The SMILES string of the molecule is CCn1c(Oc2ccc(/C=N/N=C3/NC(=O)CS3)cc2)nc2c1c(=O)n(C)c(=O)n2C. The van der Waals surface area contributed by atoms with Crippen LogP contribution in [0.1, 0.15) is 12.5 Å². The van der Waals surface area contributed by atoms with Gasteiger partial charge in [-0.05, 0) is 36.8 Å². The first-order chi connectivity index (χ1) is 14.9. The number of benzene rings is 1. The number of ether oxygens (including phenoxy) is 1. The lowest BCUT2D eigenvalue weighted by Crippen LogP contribution is -2.37. The summed E-state index contributed by atoms with van der Waals surface area (Å²) in [5, 5.41) is 11.0. The molecule has 11 nitrogen and oxygen atoms in total. The number of amidine groups is 1. The van der Waals surface area contributed by atoms with Gasteiger partial charge in [-0.3, -0.25) is 23.3 Å². The highest BCUT2D eigenvalue weighted by atomic mass is 32.2. The van der Waals surface area contributed by atoms with Crippen LogP contribution in [0.3, 0.4) is 0 Å². The molecule has 1 amide bonds. The molecule has 1 saturated heterocycles. The molecule has 0 bridgehead atoms. The number of amides is 1. The lowest BCUT2D eigenvalue weighted by molar-refractivity contribution is -0.116. The number of carbonyl (C=O) groups is 1. The van der Waals surface area contributed by atoms with Crippen LogP contribution in [0.5, 0.6) is 11.8 Å². The molecule has 0 unspecified atom stereocenters. The third-order valence-electron chi connectivity index (χ3n) is 4.66. The number of nitrogens with one attached hydrogen (secondary N) is 1. The van der Waals surface area contributed by atoms with Gasteiger partial charge in [-0.15, -0.1) is 5.10 Å². The molecule has 3 heterocycles. The Hall–Kier alpha value is -3.67. The predicted molar refractivity (Wildman–Crippen MR) is 118 cm³/mol. The van der Waals surface area contributed by atoms with Gasteiger partial charge in [0.15, 0.2) is 16.3 Å². The highest BCUT2D eigenvalue weighted by Crippen LogP contribution is 2.24. The molecule has 0 saturated carbocycles. The maximum Gasteiger partial charge on any atom is 0.332 e. The van der Waals surface area contributed by atoms with Crippen LogP contribution in [0, 0.1) is 0 Å². The zero-order chi connectivity index (χ0) is 22.1. The molecular weight excluding hydrogens is 422 g/mol. The number of fused-ring (bicyclic) bond motifs is 1. The smallest absolute Gasteiger partial charge is 0.332 e. The van der Waals surface area contributed by atoms with Gasteiger partial charge in [0.05, 0.1) is 12.0 Å². The standard InChI is InChI=1S/C19H19N7O4S/c1-4-26-14-15(24(2)19(29)25(3)16(14)28)22-18(26)30-12-7-5-11(6-8-12)9-20-23-17-21-13(27)10-31-17/h5-9H,4,10H2,1-3H3,(H,21,23,27)/b20-9+. The summed E-state index contributed by atoms with van der Waals surface area (Å²) < 4.78 is 9.90. The number of hydrogen-bond acceptors (Lipinski definition) is 8. The van der Waals surface area contributed by atoms with Crippen LogP contribution in [0.4, 0.5) is 0 Å². The number of thioether (sulfide) groups is 1. The molecule has 0 aliphatic carbocycles. The van der Waals surface area contributed by atoms with Gasteiger partial charge in [0.2, 0.25) is 5.91 Å². The average molecular weight is 441 g/mol. The van der Waals surface area contributed by atoms with Crippen molar-refractivity contribution < 1.29 is 9.53 Å². The highest BCUT2D eigenvalue weighted by molar-refractivity contribution is 8.15. The van der Waals surface area contributed by atoms with Crippen molar-refractivity contribution in [1.82, 2.24) is 24.0 Å². The van der Waals surface area contributed by atoms with Crippen molar-refractivity contribution >= 4 is 40.2 Å². The van der Waals surface area contributed by atoms with E-state index in [0.717, 1.165) is 10.1 Å². The molecule has 1 aliphatic heterocycles. The van der Waals surface area contributed by atoms with Crippen LogP contribution in [0.25, 0.3) is 11.2 Å². The Morgan fingerprint density at radius 3 is 2.58 bits per heavy atom. The molecule has 0 spiro atoms. The van der Waals surface area contributed by atoms with Crippen molar-refractivity contribution in [2.24, 2.45) is 24.3 Å². The van der Waals surface area contributed by atoms with Gasteiger partial charge in [0.25, 0.3) is 5.56 Å². The van der Waals surface area contributed by atoms with Gasteiger partial charge < -0.3 is 10.1 Å². The molecule has 12 heteroatoms. The number of nitrogens with zero attached hydrogens (tertiary/aromatic N) is 6. The molecule has 0 atom stereocenters. The number of aryl methyl sites for hydroxylation is 2. The van der Waals surface area contributed by atoms with E-state index in [-0.39, 0.29) is 17.6 Å². The third-order valence-corrected chi connectivity index (χ3v) is 5.52. The van der Waals surface area contributed by atoms with E-state index in [1.165, 1.54) is 23.4 Å². The largest absolute Gasteiger partial charge is 0.425 e. The third kappa shape index (κ3) is 3.89. The lowest BCUT2D eigenvalue weighted by atomic mass is 10.2. The average Bonchev–Trinajstić information content (AvgIpc) is 3.35. The monoisotopic (exact) mass is 441 g/mol. The molecule has 160 valence electrons. The van der Waals surface area contributed by atoms with E-state index in [1.54, 1.807) is 42.1 Å². The van der Waals surface area contributed by atoms with Crippen LogP contribution >= 0.6 is 11.8 Å². The molecule has 3 aromatic rings. The van der Waals surface area contributed by atoms with Crippen LogP contribution < -0.4 is 21.3 Å². The summed E-state index contributed by atoms with van der Waals surface area (Å²) in [4.78, 5) is 40.3. The second-order valence-electron chi connectivity index (χ2n) is 6.67. The van der Waals surface area contributed by atoms with Crippen molar-refractivity contribution in [2.45, 2.75) is 13.5 Å². The maximum atomic E-state index is 12.6. The quantitative estimate of drug-likeness (QED) is 0.461. The minimum Gasteiger partial charge on any atom is -0.425 e. The number of rotatable bonds is 5. The second-order valence-corrected chi connectivity index (χ2v) is 7.64. The van der Waals surface area contributed by atoms with Gasteiger partial charge in [-0.25, -0.2) is 4.79 Å². The number of imidazole rings is 1. The molecule has 2 aromatic heterocycles. The van der Waals surface area contributed by atoms with Gasteiger partial charge >= 0.3 is 11.7 Å². The molecule has 4 rings (SSSR count). The Kier molecular flexibility index (Phi) is 5.46. The summed E-state index contributed by atoms with van der Waals surface area (Å²) in [6.07, 6.45) is 1.56. The van der Waals surface area contributed by atoms with Crippen molar-refractivity contribution in [3.05, 3.63) is 50.7 Å². The molecule has 1 fully saturated rings. The van der Waals surface area contributed by atoms with E-state index in [0.29, 0.717) is 28.7 Å². The van der Waals surface area contributed by atoms with Crippen LogP contribution in [-0.4, -0.2) is 41.7 Å². The van der Waals surface area contributed by atoms with Crippen LogP contribution in [0.15, 0.2) is 44.1 Å². The van der Waals surface area contributed by atoms with E-state index in [2.05, 4.69) is 20.5 Å². The van der Waals surface area contributed by atoms with E-state index in [1.807, 2.05) is 6.92 Å². The number of aromatic nitrogens is 4. The summed E-state index contributed by atoms with van der Waals surface area (Å²) in [5.41, 5.74) is 0.484. The fourth-order valence-corrected chi connectivity index (χ4v) is 3.68. The Morgan fingerprint density at radius 1 is 1.19 bits per heavy atom. The summed E-state index contributed by atoms with van der Waals surface area (Å²) in [5.74, 6) is 0.772. The Labute approximate surface area is 180 Å². The van der Waals surface area contributed by atoms with Gasteiger partial charge in [-0.2, -0.15) is 10.1 Å². The van der Waals surface area contributed by atoms with Gasteiger partial charge in [0, 0.05) is 20.6 Å². The van der Waals surface area contributed by atoms with E-state index >= 15 is 0 Å². The van der Waals surface area contributed by atoms with Crippen molar-refractivity contribution in [1.29, 1.82) is 0 Å². The Balaban J connectivity index is 1.59. The number of carbonyl (C=O) groups excluding carboxylic acids is 1. The first kappa shape index (κ1) is 20.6. The van der Waals surface area contributed by atoms with E-state index < -0.39 is 11.2 Å². The summed E-state index contributed by atoms with van der Waals surface area (Å²) in [6.45, 7) is 2.31.